The number of carbonyl (C=O) groups is 1. The average Bonchev–Trinajstić information content (AvgIpc) is 3.10. The molecule has 2 aromatic rings. The number of fused-ring (bicyclic) bond motifs is 3. The van der Waals surface area contributed by atoms with Gasteiger partial charge in [0.25, 0.3) is 11.8 Å². The molecule has 0 aromatic heterocycles. The predicted molar refractivity (Wildman–Crippen MR) is 192 cm³/mol. The molecule has 4 aliphatic heterocycles. The summed E-state index contributed by atoms with van der Waals surface area (Å²) in [5.74, 6) is -2.12. The number of aryl methyl sites for hydroxylation is 1. The fraction of sp³-hybridized carbons (Fsp3) is 0.658. The first-order chi connectivity index (χ1) is 24.4. The van der Waals surface area contributed by atoms with Crippen LogP contribution in [0.4, 0.5) is 14.5 Å². The van der Waals surface area contributed by atoms with Gasteiger partial charge in [-0.25, -0.2) is 21.9 Å². The van der Waals surface area contributed by atoms with Crippen LogP contribution in [0.2, 0.25) is 5.02 Å². The molecule has 1 aliphatic carbocycles. The highest BCUT2D eigenvalue weighted by Gasteiger charge is 2.49. The van der Waals surface area contributed by atoms with Crippen molar-refractivity contribution in [2.45, 2.75) is 95.3 Å². The number of ether oxygens (including phenoxy) is 3. The number of benzene rings is 2. The lowest BCUT2D eigenvalue weighted by atomic mass is 9.65. The van der Waals surface area contributed by atoms with E-state index in [4.69, 9.17) is 25.8 Å². The van der Waals surface area contributed by atoms with Crippen LogP contribution in [0.3, 0.4) is 0 Å². The number of likely N-dealkylation sites (tertiary alicyclic amines) is 1. The molecule has 3 fully saturated rings. The van der Waals surface area contributed by atoms with Crippen molar-refractivity contribution in [2.24, 2.45) is 23.7 Å². The predicted octanol–water partition coefficient (Wildman–Crippen LogP) is 6.66. The van der Waals surface area contributed by atoms with E-state index in [0.717, 1.165) is 74.8 Å². The van der Waals surface area contributed by atoms with Gasteiger partial charge in [0.15, 0.2) is 6.29 Å². The third-order valence-corrected chi connectivity index (χ3v) is 14.2. The van der Waals surface area contributed by atoms with Crippen molar-refractivity contribution in [3.63, 3.8) is 0 Å². The summed E-state index contributed by atoms with van der Waals surface area (Å²) in [5, 5.41) is -0.0892. The Balaban J connectivity index is 1.18. The third-order valence-electron chi connectivity index (χ3n) is 12.1. The Bertz CT molecular complexity index is 1680. The number of anilines is 1. The Morgan fingerprint density at radius 1 is 0.922 bits per heavy atom. The molecular weight excluding hydrogens is 700 g/mol. The number of alkyl halides is 2. The molecule has 280 valence electrons. The van der Waals surface area contributed by atoms with Gasteiger partial charge in [0.05, 0.1) is 43.3 Å². The van der Waals surface area contributed by atoms with Crippen LogP contribution in [0.5, 0.6) is 5.75 Å². The molecule has 51 heavy (non-hydrogen) atoms. The van der Waals surface area contributed by atoms with Gasteiger partial charge in [-0.3, -0.25) is 9.69 Å². The van der Waals surface area contributed by atoms with E-state index < -0.39 is 33.4 Å². The lowest BCUT2D eigenvalue weighted by molar-refractivity contribution is -0.260. The molecule has 13 heteroatoms. The Morgan fingerprint density at radius 2 is 1.71 bits per heavy atom. The van der Waals surface area contributed by atoms with E-state index in [0.29, 0.717) is 48.8 Å². The van der Waals surface area contributed by atoms with Gasteiger partial charge >= 0.3 is 0 Å². The van der Waals surface area contributed by atoms with Crippen LogP contribution in [-0.4, -0.2) is 82.1 Å². The van der Waals surface area contributed by atoms with Crippen molar-refractivity contribution < 1.29 is 36.2 Å². The van der Waals surface area contributed by atoms with Gasteiger partial charge in [-0.05, 0) is 111 Å². The molecule has 2 bridgehead atoms. The Kier molecular flexibility index (Phi) is 10.9. The Labute approximate surface area is 305 Å². The van der Waals surface area contributed by atoms with Crippen LogP contribution in [-0.2, 0) is 32.5 Å². The molecule has 5 atom stereocenters. The quantitative estimate of drug-likeness (QED) is 0.364. The van der Waals surface area contributed by atoms with Gasteiger partial charge in [-0.1, -0.05) is 31.0 Å². The zero-order valence-corrected chi connectivity index (χ0v) is 31.1. The van der Waals surface area contributed by atoms with Gasteiger partial charge in [0.2, 0.25) is 10.0 Å². The highest BCUT2D eigenvalue weighted by Crippen LogP contribution is 2.47. The minimum Gasteiger partial charge on any atom is -0.487 e. The van der Waals surface area contributed by atoms with Gasteiger partial charge in [0, 0.05) is 29.6 Å². The van der Waals surface area contributed by atoms with E-state index in [9.17, 15) is 22.0 Å². The zero-order chi connectivity index (χ0) is 35.9. The molecule has 9 nitrogen and oxygen atoms in total. The number of hydrogen-bond acceptors (Lipinski definition) is 8. The van der Waals surface area contributed by atoms with Crippen LogP contribution in [0.25, 0.3) is 0 Å². The minimum absolute atomic E-state index is 0.0829. The maximum Gasteiger partial charge on any atom is 0.272 e. The van der Waals surface area contributed by atoms with E-state index >= 15 is 0 Å². The number of carbonyl (C=O) groups excluding carboxylic acids is 1. The number of rotatable bonds is 2. The van der Waals surface area contributed by atoms with Crippen molar-refractivity contribution in [3.8, 4) is 5.75 Å². The topological polar surface area (TPSA) is 97.4 Å². The van der Waals surface area contributed by atoms with Gasteiger partial charge in [-0.2, -0.15) is 0 Å². The molecule has 2 saturated heterocycles. The molecule has 2 aromatic carbocycles. The standard InChI is InChI=1S/C38H50ClF2N3O6S/c1-24-6-5-8-33(37-49-20-31(21-50-37)44-22-38(40,41)23-44)32-13-10-28(32)18-43-15-4-3-7-26-16-30(39)12-9-29(26)19-48-35-14-11-27(17-34(35)43)36(45)42-51(46,47)25(24)2/h9,11-12,14,16-17,24-25,28,31-33,37H,3-8,10,13,15,18-23H2,1-2H3,(H,42,45)/t24-,25+,28-,31-,32+,33-,37+/m0/s1. The first-order valence-electron chi connectivity index (χ1n) is 18.6. The summed E-state index contributed by atoms with van der Waals surface area (Å²) in [6, 6.07) is 10.9. The maximum absolute atomic E-state index is 13.6. The van der Waals surface area contributed by atoms with Crippen molar-refractivity contribution in [3.05, 3.63) is 58.1 Å². The molecule has 0 radical (unpaired) electrons. The fourth-order valence-electron chi connectivity index (χ4n) is 8.57. The first-order valence-corrected chi connectivity index (χ1v) is 20.5. The number of halogens is 3. The fourth-order valence-corrected chi connectivity index (χ4v) is 10.1. The first kappa shape index (κ1) is 36.8. The number of sulfonamides is 1. The second-order valence-corrected chi connectivity index (χ2v) is 18.0. The van der Waals surface area contributed by atoms with Crippen molar-refractivity contribution in [2.75, 3.05) is 44.3 Å². The summed E-state index contributed by atoms with van der Waals surface area (Å²) in [6.07, 6.45) is 6.57. The highest BCUT2D eigenvalue weighted by molar-refractivity contribution is 7.90. The second-order valence-electron chi connectivity index (χ2n) is 15.5. The molecule has 1 N–H and O–H groups in total. The average molecular weight is 750 g/mol. The Hall–Kier alpha value is -2.51. The molecule has 5 aliphatic rings. The molecule has 7 rings (SSSR count). The monoisotopic (exact) mass is 749 g/mol. The molecule has 0 unspecified atom stereocenters. The summed E-state index contributed by atoms with van der Waals surface area (Å²) < 4.78 is 75.7. The van der Waals surface area contributed by atoms with E-state index in [1.54, 1.807) is 30.0 Å². The molecule has 4 heterocycles. The van der Waals surface area contributed by atoms with E-state index in [1.165, 1.54) is 0 Å². The zero-order valence-electron chi connectivity index (χ0n) is 29.5. The molecule has 1 amide bonds. The van der Waals surface area contributed by atoms with E-state index in [-0.39, 0.29) is 36.5 Å². The molecular formula is C38H50ClF2N3O6S. The normalized spacial score (nSPS) is 33.2. The van der Waals surface area contributed by atoms with Crippen LogP contribution >= 0.6 is 11.6 Å². The summed E-state index contributed by atoms with van der Waals surface area (Å²) >= 11 is 6.37. The SMILES string of the molecule is C[C@@H]1[C@@H](C)CCC[C@H]([C@H]2OC[C@@H](N3CC(F)(F)C3)CO2)[C@@H]2CC[C@H]2CN2CCCCc3cc(Cl)ccc3COc3ccc(cc32)C(=O)NS1(=O)=O. The summed E-state index contributed by atoms with van der Waals surface area (Å²) in [7, 11) is -3.96. The van der Waals surface area contributed by atoms with Gasteiger partial charge in [-0.15, -0.1) is 0 Å². The smallest absolute Gasteiger partial charge is 0.272 e. The van der Waals surface area contributed by atoms with E-state index in [2.05, 4.69) is 9.62 Å². The van der Waals surface area contributed by atoms with Crippen molar-refractivity contribution in [1.82, 2.24) is 9.62 Å². The molecule has 1 saturated carbocycles. The lowest BCUT2D eigenvalue weighted by Crippen LogP contribution is -2.63. The summed E-state index contributed by atoms with van der Waals surface area (Å²) in [5.41, 5.74) is 3.25. The van der Waals surface area contributed by atoms with Crippen LogP contribution in [0, 0.1) is 23.7 Å². The Morgan fingerprint density at radius 3 is 2.43 bits per heavy atom. The minimum atomic E-state index is -3.96. The highest BCUT2D eigenvalue weighted by atomic mass is 35.5. The number of hydrogen-bond donors (Lipinski definition) is 1. The van der Waals surface area contributed by atoms with E-state index in [1.807, 2.05) is 25.1 Å². The number of nitrogens with one attached hydrogen (secondary N) is 1. The lowest BCUT2D eigenvalue weighted by Gasteiger charge is -2.50. The van der Waals surface area contributed by atoms with Crippen molar-refractivity contribution >= 4 is 33.2 Å². The van der Waals surface area contributed by atoms with Gasteiger partial charge < -0.3 is 19.1 Å². The summed E-state index contributed by atoms with van der Waals surface area (Å²) in [4.78, 5) is 17.6. The number of nitrogens with zero attached hydrogens (tertiary/aromatic N) is 2. The maximum atomic E-state index is 13.6. The van der Waals surface area contributed by atoms with Crippen molar-refractivity contribution in [1.29, 1.82) is 0 Å². The second kappa shape index (κ2) is 15.1. The van der Waals surface area contributed by atoms with Gasteiger partial charge in [0.1, 0.15) is 12.4 Å². The molecule has 0 spiro atoms. The third kappa shape index (κ3) is 8.20. The largest absolute Gasteiger partial charge is 0.487 e. The summed E-state index contributed by atoms with van der Waals surface area (Å²) in [6.45, 7) is 5.58. The number of amides is 1. The van der Waals surface area contributed by atoms with Crippen LogP contribution < -0.4 is 14.4 Å². The van der Waals surface area contributed by atoms with Crippen LogP contribution in [0.15, 0.2) is 36.4 Å². The van der Waals surface area contributed by atoms with Crippen LogP contribution in [0.1, 0.15) is 80.3 Å².